The largest absolute Gasteiger partial charge is 0.355 e. The molecule has 0 aromatic heterocycles. The predicted molar refractivity (Wildman–Crippen MR) is 89.9 cm³/mol. The number of hydrogen-bond donors (Lipinski definition) is 1. The van der Waals surface area contributed by atoms with Crippen LogP contribution in [0.1, 0.15) is 60.9 Å². The van der Waals surface area contributed by atoms with Gasteiger partial charge in [-0.05, 0) is 61.9 Å². The molecule has 1 saturated carbocycles. The Hall–Kier alpha value is -1.35. The summed E-state index contributed by atoms with van der Waals surface area (Å²) in [4.78, 5) is 14.1. The van der Waals surface area contributed by atoms with Crippen LogP contribution in [0, 0.1) is 5.41 Å². The standard InChI is InChI=1S/C19H28N2O/c1-20-18(22)17-7-5-16(6-8-17)15-21-13-11-19(12-14-21)9-3-2-4-10-19/h5-8H,2-4,9-15H2,1H3,(H,20,22). The number of benzene rings is 1. The highest BCUT2D eigenvalue weighted by Gasteiger charge is 2.35. The maximum atomic E-state index is 11.6. The van der Waals surface area contributed by atoms with E-state index in [2.05, 4.69) is 22.3 Å². The number of amides is 1. The van der Waals surface area contributed by atoms with E-state index in [0.29, 0.717) is 5.41 Å². The topological polar surface area (TPSA) is 32.3 Å². The van der Waals surface area contributed by atoms with E-state index in [0.717, 1.165) is 12.1 Å². The van der Waals surface area contributed by atoms with Crippen LogP contribution in [0.3, 0.4) is 0 Å². The number of carbonyl (C=O) groups excluding carboxylic acids is 1. The van der Waals surface area contributed by atoms with E-state index in [-0.39, 0.29) is 5.91 Å². The van der Waals surface area contributed by atoms with Crippen LogP contribution in [0.15, 0.2) is 24.3 Å². The second-order valence-corrected chi connectivity index (χ2v) is 7.11. The summed E-state index contributed by atoms with van der Waals surface area (Å²) in [6.45, 7) is 3.48. The highest BCUT2D eigenvalue weighted by atomic mass is 16.1. The lowest BCUT2D eigenvalue weighted by Gasteiger charge is -2.44. The molecule has 0 radical (unpaired) electrons. The molecule has 1 aliphatic heterocycles. The van der Waals surface area contributed by atoms with Crippen molar-refractivity contribution < 1.29 is 4.79 Å². The minimum Gasteiger partial charge on any atom is -0.355 e. The lowest BCUT2D eigenvalue weighted by atomic mass is 9.68. The molecule has 1 aromatic rings. The van der Waals surface area contributed by atoms with Gasteiger partial charge >= 0.3 is 0 Å². The van der Waals surface area contributed by atoms with Crippen LogP contribution in [0.5, 0.6) is 0 Å². The Kier molecular flexibility index (Phi) is 4.82. The summed E-state index contributed by atoms with van der Waals surface area (Å²) in [6, 6.07) is 8.05. The Balaban J connectivity index is 1.53. The van der Waals surface area contributed by atoms with Crippen LogP contribution >= 0.6 is 0 Å². The molecule has 120 valence electrons. The zero-order chi connectivity index (χ0) is 15.4. The van der Waals surface area contributed by atoms with E-state index in [1.807, 2.05) is 12.1 Å². The summed E-state index contributed by atoms with van der Waals surface area (Å²) in [5.41, 5.74) is 2.73. The number of piperidine rings is 1. The van der Waals surface area contributed by atoms with Gasteiger partial charge in [0.15, 0.2) is 0 Å². The summed E-state index contributed by atoms with van der Waals surface area (Å²) >= 11 is 0. The normalized spacial score (nSPS) is 21.7. The van der Waals surface area contributed by atoms with Gasteiger partial charge in [-0.2, -0.15) is 0 Å². The van der Waals surface area contributed by atoms with Crippen molar-refractivity contribution in [2.75, 3.05) is 20.1 Å². The van der Waals surface area contributed by atoms with Crippen LogP contribution in [0.2, 0.25) is 0 Å². The molecule has 1 spiro atoms. The first-order valence-corrected chi connectivity index (χ1v) is 8.74. The first-order valence-electron chi connectivity index (χ1n) is 8.74. The van der Waals surface area contributed by atoms with Crippen LogP contribution in [-0.2, 0) is 6.54 Å². The van der Waals surface area contributed by atoms with Gasteiger partial charge in [-0.15, -0.1) is 0 Å². The van der Waals surface area contributed by atoms with E-state index < -0.39 is 0 Å². The third-order valence-corrected chi connectivity index (χ3v) is 5.68. The lowest BCUT2D eigenvalue weighted by Crippen LogP contribution is -2.40. The quantitative estimate of drug-likeness (QED) is 0.925. The molecular weight excluding hydrogens is 272 g/mol. The van der Waals surface area contributed by atoms with Gasteiger partial charge in [-0.1, -0.05) is 31.4 Å². The second kappa shape index (κ2) is 6.82. The highest BCUT2D eigenvalue weighted by Crippen LogP contribution is 2.44. The van der Waals surface area contributed by atoms with Gasteiger partial charge < -0.3 is 5.32 Å². The van der Waals surface area contributed by atoms with Crippen molar-refractivity contribution in [1.29, 1.82) is 0 Å². The van der Waals surface area contributed by atoms with Crippen molar-refractivity contribution in [3.63, 3.8) is 0 Å². The zero-order valence-electron chi connectivity index (χ0n) is 13.7. The third kappa shape index (κ3) is 3.52. The first-order chi connectivity index (χ1) is 10.7. The van der Waals surface area contributed by atoms with E-state index in [1.54, 1.807) is 7.05 Å². The number of likely N-dealkylation sites (tertiary alicyclic amines) is 1. The molecule has 1 aliphatic carbocycles. The Labute approximate surface area is 134 Å². The first kappa shape index (κ1) is 15.5. The number of nitrogens with one attached hydrogen (secondary N) is 1. The number of rotatable bonds is 3. The summed E-state index contributed by atoms with van der Waals surface area (Å²) in [7, 11) is 1.67. The monoisotopic (exact) mass is 300 g/mol. The van der Waals surface area contributed by atoms with Crippen molar-refractivity contribution in [3.8, 4) is 0 Å². The van der Waals surface area contributed by atoms with E-state index in [9.17, 15) is 4.79 Å². The highest BCUT2D eigenvalue weighted by molar-refractivity contribution is 5.93. The molecule has 22 heavy (non-hydrogen) atoms. The summed E-state index contributed by atoms with van der Waals surface area (Å²) in [5, 5.41) is 2.67. The number of hydrogen-bond acceptors (Lipinski definition) is 2. The molecule has 1 heterocycles. The van der Waals surface area contributed by atoms with Crippen LogP contribution < -0.4 is 5.32 Å². The van der Waals surface area contributed by atoms with Crippen LogP contribution in [0.25, 0.3) is 0 Å². The average molecular weight is 300 g/mol. The van der Waals surface area contributed by atoms with E-state index in [4.69, 9.17) is 0 Å². The van der Waals surface area contributed by atoms with Gasteiger partial charge in [0.2, 0.25) is 0 Å². The molecule has 3 nitrogen and oxygen atoms in total. The van der Waals surface area contributed by atoms with Gasteiger partial charge in [0, 0.05) is 19.2 Å². The van der Waals surface area contributed by atoms with Gasteiger partial charge in [0.05, 0.1) is 0 Å². The van der Waals surface area contributed by atoms with Crippen molar-refractivity contribution in [2.45, 2.75) is 51.5 Å². The SMILES string of the molecule is CNC(=O)c1ccc(CN2CCC3(CCCCC3)CC2)cc1. The second-order valence-electron chi connectivity index (χ2n) is 7.11. The van der Waals surface area contributed by atoms with Crippen LogP contribution in [0.4, 0.5) is 0 Å². The smallest absolute Gasteiger partial charge is 0.251 e. The molecule has 3 heteroatoms. The molecule has 0 atom stereocenters. The Morgan fingerprint density at radius 2 is 1.68 bits per heavy atom. The van der Waals surface area contributed by atoms with Gasteiger partial charge in [-0.25, -0.2) is 0 Å². The summed E-state index contributed by atoms with van der Waals surface area (Å²) < 4.78 is 0. The Morgan fingerprint density at radius 1 is 1.05 bits per heavy atom. The van der Waals surface area contributed by atoms with Crippen LogP contribution in [-0.4, -0.2) is 30.9 Å². The van der Waals surface area contributed by atoms with Crippen molar-refractivity contribution in [3.05, 3.63) is 35.4 Å². The Morgan fingerprint density at radius 3 is 2.27 bits per heavy atom. The minimum atomic E-state index is -0.0104. The minimum absolute atomic E-state index is 0.0104. The lowest BCUT2D eigenvalue weighted by molar-refractivity contribution is 0.0641. The molecule has 2 aliphatic rings. The van der Waals surface area contributed by atoms with Crippen molar-refractivity contribution >= 4 is 5.91 Å². The fourth-order valence-corrected chi connectivity index (χ4v) is 4.15. The molecule has 2 fully saturated rings. The van der Waals surface area contributed by atoms with E-state index >= 15 is 0 Å². The molecule has 3 rings (SSSR count). The average Bonchev–Trinajstić information content (AvgIpc) is 2.58. The molecular formula is C19H28N2O. The van der Waals surface area contributed by atoms with Gasteiger partial charge in [0.1, 0.15) is 0 Å². The fraction of sp³-hybridized carbons (Fsp3) is 0.632. The molecule has 1 saturated heterocycles. The van der Waals surface area contributed by atoms with Crippen molar-refractivity contribution in [2.24, 2.45) is 5.41 Å². The maximum absolute atomic E-state index is 11.6. The third-order valence-electron chi connectivity index (χ3n) is 5.68. The summed E-state index contributed by atoms with van der Waals surface area (Å²) in [6.07, 6.45) is 10.0. The zero-order valence-corrected chi connectivity index (χ0v) is 13.7. The van der Waals surface area contributed by atoms with Gasteiger partial charge in [-0.3, -0.25) is 9.69 Å². The predicted octanol–water partition coefficient (Wildman–Crippen LogP) is 3.59. The molecule has 1 N–H and O–H groups in total. The number of carbonyl (C=O) groups is 1. The van der Waals surface area contributed by atoms with E-state index in [1.165, 1.54) is 63.6 Å². The molecule has 1 amide bonds. The Bertz CT molecular complexity index is 493. The maximum Gasteiger partial charge on any atom is 0.251 e. The molecule has 1 aromatic carbocycles. The van der Waals surface area contributed by atoms with Gasteiger partial charge in [0.25, 0.3) is 5.91 Å². The number of nitrogens with zero attached hydrogens (tertiary/aromatic N) is 1. The molecule has 0 bridgehead atoms. The van der Waals surface area contributed by atoms with Crippen molar-refractivity contribution in [1.82, 2.24) is 10.2 Å². The fourth-order valence-electron chi connectivity index (χ4n) is 4.15. The summed E-state index contributed by atoms with van der Waals surface area (Å²) in [5.74, 6) is -0.0104. The molecule has 0 unspecified atom stereocenters.